The van der Waals surface area contributed by atoms with Crippen molar-refractivity contribution in [2.24, 2.45) is 0 Å². The normalized spacial score (nSPS) is 12.9. The summed E-state index contributed by atoms with van der Waals surface area (Å²) in [5.41, 5.74) is 0. The van der Waals surface area contributed by atoms with Crippen molar-refractivity contribution in [2.75, 3.05) is 13.2 Å². The zero-order valence-corrected chi connectivity index (χ0v) is 50.9. The number of carbonyl (C=O) groups is 3. The van der Waals surface area contributed by atoms with E-state index in [0.29, 0.717) is 19.3 Å². The van der Waals surface area contributed by atoms with Gasteiger partial charge >= 0.3 is 17.9 Å². The summed E-state index contributed by atoms with van der Waals surface area (Å²) >= 11 is 0. The number of carbonyl (C=O) groups excluding carboxylic acids is 3. The van der Waals surface area contributed by atoms with Crippen molar-refractivity contribution in [3.63, 3.8) is 0 Å². The Balaban J connectivity index is 4.29. The topological polar surface area (TPSA) is 78.9 Å². The zero-order chi connectivity index (χ0) is 56.4. The van der Waals surface area contributed by atoms with Gasteiger partial charge in [-0.2, -0.15) is 0 Å². The molecular formula is C72H120O6. The summed E-state index contributed by atoms with van der Waals surface area (Å²) in [6.07, 6.45) is 90.9. The number of unbranched alkanes of at least 4 members (excludes halogenated alkanes) is 27. The summed E-state index contributed by atoms with van der Waals surface area (Å²) < 4.78 is 16.8. The van der Waals surface area contributed by atoms with E-state index in [1.54, 1.807) is 0 Å². The number of esters is 3. The number of hydrogen-bond acceptors (Lipinski definition) is 6. The highest BCUT2D eigenvalue weighted by Crippen LogP contribution is 2.16. The molecule has 1 atom stereocenters. The third-order valence-electron chi connectivity index (χ3n) is 13.7. The first kappa shape index (κ1) is 73.8. The average molecular weight is 1080 g/mol. The van der Waals surface area contributed by atoms with Gasteiger partial charge in [-0.3, -0.25) is 14.4 Å². The van der Waals surface area contributed by atoms with Crippen LogP contribution in [0.2, 0.25) is 0 Å². The SMILES string of the molecule is CC/C=C\C/C=C\C/C=C\C/C=C\CCCCCCCCCCCCCCCCCCC(=O)OCC(COC(=O)CC/C=C\C/C=C\C/C=C\C/C=C\CC)OC(=O)CCCCCCCCC/C=C\C/C=C\CCCCCC. The molecule has 0 N–H and O–H groups in total. The van der Waals surface area contributed by atoms with E-state index in [-0.39, 0.29) is 37.5 Å². The quantitative estimate of drug-likeness (QED) is 0.0261. The maximum atomic E-state index is 12.9. The Morgan fingerprint density at radius 2 is 0.526 bits per heavy atom. The molecule has 0 aromatic carbocycles. The van der Waals surface area contributed by atoms with Gasteiger partial charge in [-0.15, -0.1) is 0 Å². The molecule has 0 aromatic heterocycles. The van der Waals surface area contributed by atoms with Crippen LogP contribution in [0.25, 0.3) is 0 Å². The third kappa shape index (κ3) is 62.7. The highest BCUT2D eigenvalue weighted by Gasteiger charge is 2.19. The second-order valence-electron chi connectivity index (χ2n) is 21.3. The molecule has 0 heterocycles. The molecule has 1 unspecified atom stereocenters. The van der Waals surface area contributed by atoms with Crippen LogP contribution >= 0.6 is 0 Å². The van der Waals surface area contributed by atoms with E-state index < -0.39 is 6.10 Å². The Morgan fingerprint density at radius 1 is 0.269 bits per heavy atom. The van der Waals surface area contributed by atoms with E-state index in [1.807, 2.05) is 6.08 Å². The second kappa shape index (κ2) is 65.3. The fraction of sp³-hybridized carbons (Fsp3) is 0.681. The van der Waals surface area contributed by atoms with E-state index >= 15 is 0 Å². The van der Waals surface area contributed by atoms with E-state index in [2.05, 4.69) is 136 Å². The Morgan fingerprint density at radius 3 is 0.859 bits per heavy atom. The largest absolute Gasteiger partial charge is 0.462 e. The summed E-state index contributed by atoms with van der Waals surface area (Å²) in [6, 6.07) is 0. The van der Waals surface area contributed by atoms with Gasteiger partial charge in [0.05, 0.1) is 0 Å². The minimum absolute atomic E-state index is 0.104. The maximum Gasteiger partial charge on any atom is 0.306 e. The number of ether oxygens (including phenoxy) is 3. The lowest BCUT2D eigenvalue weighted by Gasteiger charge is -2.18. The first-order chi connectivity index (χ1) is 38.5. The van der Waals surface area contributed by atoms with Gasteiger partial charge in [0.15, 0.2) is 6.10 Å². The molecule has 444 valence electrons. The Kier molecular flexibility index (Phi) is 61.8. The molecule has 0 amide bonds. The minimum atomic E-state index is -0.814. The van der Waals surface area contributed by atoms with Gasteiger partial charge in [0.1, 0.15) is 13.2 Å². The third-order valence-corrected chi connectivity index (χ3v) is 13.7. The lowest BCUT2D eigenvalue weighted by atomic mass is 10.0. The van der Waals surface area contributed by atoms with Crippen LogP contribution in [0.15, 0.2) is 122 Å². The summed E-state index contributed by atoms with van der Waals surface area (Å²) in [5, 5.41) is 0. The summed E-state index contributed by atoms with van der Waals surface area (Å²) in [6.45, 7) is 6.34. The van der Waals surface area contributed by atoms with Crippen LogP contribution in [-0.2, 0) is 28.6 Å². The molecule has 6 heteroatoms. The van der Waals surface area contributed by atoms with Gasteiger partial charge in [-0.25, -0.2) is 0 Å². The van der Waals surface area contributed by atoms with E-state index in [9.17, 15) is 14.4 Å². The van der Waals surface area contributed by atoms with Crippen molar-refractivity contribution in [3.05, 3.63) is 122 Å². The van der Waals surface area contributed by atoms with Crippen molar-refractivity contribution >= 4 is 17.9 Å². The minimum Gasteiger partial charge on any atom is -0.462 e. The molecule has 0 aliphatic rings. The predicted molar refractivity (Wildman–Crippen MR) is 339 cm³/mol. The van der Waals surface area contributed by atoms with Crippen molar-refractivity contribution in [2.45, 2.75) is 303 Å². The van der Waals surface area contributed by atoms with Crippen LogP contribution in [0, 0.1) is 0 Å². The van der Waals surface area contributed by atoms with Crippen LogP contribution < -0.4 is 0 Å². The van der Waals surface area contributed by atoms with Crippen molar-refractivity contribution in [1.29, 1.82) is 0 Å². The lowest BCUT2D eigenvalue weighted by molar-refractivity contribution is -0.166. The fourth-order valence-electron chi connectivity index (χ4n) is 8.89. The van der Waals surface area contributed by atoms with E-state index in [4.69, 9.17) is 14.2 Å². The average Bonchev–Trinajstić information content (AvgIpc) is 3.44. The number of rotatable bonds is 58. The molecule has 0 saturated heterocycles. The first-order valence-electron chi connectivity index (χ1n) is 32.5. The van der Waals surface area contributed by atoms with Crippen LogP contribution in [0.4, 0.5) is 0 Å². The Bertz CT molecular complexity index is 1620. The van der Waals surface area contributed by atoms with Gasteiger partial charge in [-0.05, 0) is 116 Å². The van der Waals surface area contributed by atoms with E-state index in [0.717, 1.165) is 103 Å². The standard InChI is InChI=1S/C72H120O6/c1-4-7-10-13-16-19-22-25-27-29-31-32-33-34-35-36-37-38-39-40-41-43-44-47-50-53-56-59-62-65-71(74)77-68-69(67-76-70(73)64-61-58-55-52-49-46-24-21-18-15-12-9-6-3)78-72(75)66-63-60-57-54-51-48-45-42-30-28-26-23-20-17-14-11-8-5-2/h7,9-10,12,16,18-21,23,25,27-28,30-32,46,49,55,58,69H,4-6,8,11,13-15,17,22,24,26,29,33-45,47-48,50-54,56-57,59-68H2,1-3H3/b10-7-,12-9-,19-16-,21-18-,23-20-,27-25-,30-28-,32-31-,49-46-,58-55-. The van der Waals surface area contributed by atoms with Crippen molar-refractivity contribution in [3.8, 4) is 0 Å². The molecule has 0 rings (SSSR count). The van der Waals surface area contributed by atoms with Gasteiger partial charge in [0.25, 0.3) is 0 Å². The molecule has 0 saturated carbocycles. The molecule has 0 radical (unpaired) electrons. The van der Waals surface area contributed by atoms with Crippen LogP contribution in [0.1, 0.15) is 297 Å². The molecule has 0 bridgehead atoms. The molecule has 0 spiro atoms. The van der Waals surface area contributed by atoms with Crippen molar-refractivity contribution < 1.29 is 28.6 Å². The summed E-state index contributed by atoms with van der Waals surface area (Å²) in [7, 11) is 0. The predicted octanol–water partition coefficient (Wildman–Crippen LogP) is 22.4. The first-order valence-corrected chi connectivity index (χ1v) is 32.5. The summed E-state index contributed by atoms with van der Waals surface area (Å²) in [4.78, 5) is 38.3. The van der Waals surface area contributed by atoms with Crippen molar-refractivity contribution in [1.82, 2.24) is 0 Å². The molecule has 0 fully saturated rings. The van der Waals surface area contributed by atoms with Gasteiger partial charge in [0.2, 0.25) is 0 Å². The highest BCUT2D eigenvalue weighted by molar-refractivity contribution is 5.71. The maximum absolute atomic E-state index is 12.9. The van der Waals surface area contributed by atoms with Crippen LogP contribution in [0.5, 0.6) is 0 Å². The second-order valence-corrected chi connectivity index (χ2v) is 21.3. The molecular weight excluding hydrogens is 961 g/mol. The zero-order valence-electron chi connectivity index (χ0n) is 50.9. The Hall–Kier alpha value is -4.19. The number of allylic oxidation sites excluding steroid dienone is 20. The molecule has 6 nitrogen and oxygen atoms in total. The molecule has 78 heavy (non-hydrogen) atoms. The van der Waals surface area contributed by atoms with Gasteiger partial charge in [-0.1, -0.05) is 284 Å². The molecule has 0 aromatic rings. The van der Waals surface area contributed by atoms with Crippen LogP contribution in [-0.4, -0.2) is 37.2 Å². The smallest absolute Gasteiger partial charge is 0.306 e. The molecule has 0 aliphatic heterocycles. The highest BCUT2D eigenvalue weighted by atomic mass is 16.6. The molecule has 0 aliphatic carbocycles. The van der Waals surface area contributed by atoms with Gasteiger partial charge in [0, 0.05) is 19.3 Å². The summed E-state index contributed by atoms with van der Waals surface area (Å²) in [5.74, 6) is -0.991. The number of hydrogen-bond donors (Lipinski definition) is 0. The Labute approximate surface area is 482 Å². The monoisotopic (exact) mass is 1080 g/mol. The fourth-order valence-corrected chi connectivity index (χ4v) is 8.89. The van der Waals surface area contributed by atoms with Gasteiger partial charge < -0.3 is 14.2 Å². The lowest BCUT2D eigenvalue weighted by Crippen LogP contribution is -2.30. The van der Waals surface area contributed by atoms with E-state index in [1.165, 1.54) is 148 Å². The van der Waals surface area contributed by atoms with Crippen LogP contribution in [0.3, 0.4) is 0 Å².